The topological polar surface area (TPSA) is 98.7 Å². The van der Waals surface area contributed by atoms with Crippen LogP contribution in [-0.4, -0.2) is 14.7 Å². The van der Waals surface area contributed by atoms with Gasteiger partial charge in [0.2, 0.25) is 0 Å². The van der Waals surface area contributed by atoms with Gasteiger partial charge in [0.25, 0.3) is 0 Å². The second-order valence-corrected chi connectivity index (χ2v) is 2.34. The first kappa shape index (κ1) is 6.23. The van der Waals surface area contributed by atoms with Crippen LogP contribution >= 0.6 is 8.09 Å². The summed E-state index contributed by atoms with van der Waals surface area (Å²) in [7, 11) is -4.10. The van der Waals surface area contributed by atoms with Crippen molar-refractivity contribution in [3.63, 3.8) is 0 Å². The number of nitrogens with one attached hydrogen (secondary N) is 1. The molecule has 6 heteroatoms. The Morgan fingerprint density at radius 3 is 1.50 bits per heavy atom. The third-order valence-electron chi connectivity index (χ3n) is 0.194. The Bertz CT molecular complexity index is 38.5. The Labute approximate surface area is 35.0 Å². The molecule has 6 heavy (non-hydrogen) atoms. The van der Waals surface area contributed by atoms with Crippen LogP contribution in [0.4, 0.5) is 0 Å². The van der Waals surface area contributed by atoms with Crippen molar-refractivity contribution in [2.45, 2.75) is 0 Å². The van der Waals surface area contributed by atoms with Crippen molar-refractivity contribution in [3.05, 3.63) is 0 Å². The number of rotatable bonds is 1. The number of nitrogens with two attached hydrogens (primary N) is 1. The van der Waals surface area contributed by atoms with Gasteiger partial charge in [-0.3, -0.25) is 0 Å². The molecule has 0 saturated carbocycles. The first-order chi connectivity index (χ1) is 2.56. The van der Waals surface area contributed by atoms with Crippen LogP contribution in [0, 0.1) is 0 Å². The average molecular weight is 114 g/mol. The number of hydrogen-bond acceptors (Lipinski definition) is 5. The summed E-state index contributed by atoms with van der Waals surface area (Å²) < 4.78 is 0. The van der Waals surface area contributed by atoms with Gasteiger partial charge in [-0.05, 0) is 0 Å². The van der Waals surface area contributed by atoms with Gasteiger partial charge in [-0.2, -0.15) is 0 Å². The fourth-order valence-corrected chi connectivity index (χ4v) is 0. The van der Waals surface area contributed by atoms with E-state index in [9.17, 15) is 0 Å². The SMILES string of the molecule is NN[PH](O)(O)O. The van der Waals surface area contributed by atoms with Crippen LogP contribution in [0.5, 0.6) is 0 Å². The Kier molecular flexibility index (Phi) is 1.86. The second-order valence-electron chi connectivity index (χ2n) is 0.780. The molecule has 0 rings (SSSR count). The third kappa shape index (κ3) is 4.23. The van der Waals surface area contributed by atoms with E-state index in [1.807, 2.05) is 0 Å². The van der Waals surface area contributed by atoms with E-state index in [1.54, 1.807) is 0 Å². The molecule has 0 spiro atoms. The molecular formula is H7N2O3P. The van der Waals surface area contributed by atoms with Crippen LogP contribution in [-0.2, 0) is 0 Å². The molecular weight excluding hydrogens is 107 g/mol. The maximum absolute atomic E-state index is 7.84. The van der Waals surface area contributed by atoms with E-state index in [4.69, 9.17) is 14.7 Å². The van der Waals surface area contributed by atoms with Gasteiger partial charge in [0.1, 0.15) is 0 Å². The Morgan fingerprint density at radius 1 is 1.33 bits per heavy atom. The molecule has 0 bridgehead atoms. The number of hydrazine groups is 1. The van der Waals surface area contributed by atoms with E-state index in [0.29, 0.717) is 0 Å². The van der Waals surface area contributed by atoms with Crippen LogP contribution in [0.3, 0.4) is 0 Å². The summed E-state index contributed by atoms with van der Waals surface area (Å²) in [5.74, 6) is 4.37. The molecule has 0 aliphatic heterocycles. The first-order valence-corrected chi connectivity index (χ1v) is 3.05. The molecule has 0 atom stereocenters. The van der Waals surface area contributed by atoms with Crippen LogP contribution in [0.25, 0.3) is 0 Å². The van der Waals surface area contributed by atoms with E-state index >= 15 is 0 Å². The molecule has 0 aromatic rings. The zero-order valence-corrected chi connectivity index (χ0v) is 3.92. The molecule has 0 aromatic carbocycles. The molecule has 5 nitrogen and oxygen atoms in total. The molecule has 0 heterocycles. The molecule has 0 amide bonds. The predicted octanol–water partition coefficient (Wildman–Crippen LogP) is -2.16. The summed E-state index contributed by atoms with van der Waals surface area (Å²) in [6, 6.07) is 0. The minimum absolute atomic E-state index is 1.41. The van der Waals surface area contributed by atoms with Gasteiger partial charge in [-0.1, -0.05) is 0 Å². The van der Waals surface area contributed by atoms with Crippen LogP contribution in [0.15, 0.2) is 0 Å². The van der Waals surface area contributed by atoms with Crippen molar-refractivity contribution in [3.8, 4) is 0 Å². The van der Waals surface area contributed by atoms with Crippen molar-refractivity contribution in [1.82, 2.24) is 5.20 Å². The molecule has 0 aromatic heterocycles. The monoisotopic (exact) mass is 114 g/mol. The van der Waals surface area contributed by atoms with E-state index in [2.05, 4.69) is 5.84 Å². The van der Waals surface area contributed by atoms with Gasteiger partial charge in [0, 0.05) is 0 Å². The molecule has 0 saturated heterocycles. The van der Waals surface area contributed by atoms with Crippen molar-refractivity contribution < 1.29 is 14.7 Å². The first-order valence-electron chi connectivity index (χ1n) is 1.21. The van der Waals surface area contributed by atoms with Crippen LogP contribution in [0.2, 0.25) is 0 Å². The van der Waals surface area contributed by atoms with Crippen molar-refractivity contribution in [2.24, 2.45) is 5.84 Å². The predicted molar refractivity (Wildman–Crippen MR) is 22.3 cm³/mol. The quantitative estimate of drug-likeness (QED) is 0.152. The molecule has 0 aliphatic carbocycles. The molecule has 0 radical (unpaired) electrons. The molecule has 0 fully saturated rings. The van der Waals surface area contributed by atoms with E-state index in [0.717, 1.165) is 0 Å². The summed E-state index contributed by atoms with van der Waals surface area (Å²) in [6.07, 6.45) is 0. The Morgan fingerprint density at radius 2 is 1.50 bits per heavy atom. The van der Waals surface area contributed by atoms with Crippen molar-refractivity contribution in [1.29, 1.82) is 0 Å². The van der Waals surface area contributed by atoms with Gasteiger partial charge in [0.15, 0.2) is 0 Å². The zero-order chi connectivity index (χ0) is 5.21. The summed E-state index contributed by atoms with van der Waals surface area (Å²) in [6.45, 7) is 0. The summed E-state index contributed by atoms with van der Waals surface area (Å²) in [4.78, 5) is 23.5. The molecule has 0 unspecified atom stereocenters. The standard InChI is InChI=1S/H7N2O3P/c1-2-6(3,4)5/h2-6H,1H2. The van der Waals surface area contributed by atoms with Gasteiger partial charge >= 0.3 is 33.8 Å². The summed E-state index contributed by atoms with van der Waals surface area (Å²) in [5.41, 5.74) is 0. The third-order valence-corrected chi connectivity index (χ3v) is 0.581. The van der Waals surface area contributed by atoms with Gasteiger partial charge in [-0.15, -0.1) is 0 Å². The fourth-order valence-electron chi connectivity index (χ4n) is 0. The van der Waals surface area contributed by atoms with Gasteiger partial charge in [-0.25, -0.2) is 0 Å². The van der Waals surface area contributed by atoms with Crippen LogP contribution < -0.4 is 11.0 Å². The van der Waals surface area contributed by atoms with E-state index in [1.165, 1.54) is 5.20 Å². The molecule has 40 valence electrons. The summed E-state index contributed by atoms with van der Waals surface area (Å²) in [5, 5.41) is 1.41. The maximum atomic E-state index is 7.84. The second kappa shape index (κ2) is 1.79. The van der Waals surface area contributed by atoms with E-state index < -0.39 is 8.09 Å². The Balaban J connectivity index is 3.17. The zero-order valence-electron chi connectivity index (χ0n) is 2.92. The minimum atomic E-state index is -4.10. The Hall–Kier alpha value is 0.230. The fraction of sp³-hybridized carbons (Fsp3) is 0. The van der Waals surface area contributed by atoms with Crippen molar-refractivity contribution in [2.75, 3.05) is 0 Å². The molecule has 6 N–H and O–H groups in total. The van der Waals surface area contributed by atoms with E-state index in [-0.39, 0.29) is 0 Å². The summed E-state index contributed by atoms with van der Waals surface area (Å²) >= 11 is 0. The van der Waals surface area contributed by atoms with Gasteiger partial charge in [0.05, 0.1) is 0 Å². The number of hydrogen-bond donors (Lipinski definition) is 5. The van der Waals surface area contributed by atoms with Gasteiger partial charge < -0.3 is 0 Å². The van der Waals surface area contributed by atoms with Crippen LogP contribution in [0.1, 0.15) is 0 Å². The normalized spacial score (nSPS) is 14.7. The van der Waals surface area contributed by atoms with Crippen molar-refractivity contribution >= 4 is 8.09 Å². The average Bonchev–Trinajstić information content (AvgIpc) is 1.35. The molecule has 0 aliphatic rings.